The van der Waals surface area contributed by atoms with Crippen molar-refractivity contribution in [2.45, 2.75) is 6.54 Å². The molecule has 1 aromatic carbocycles. The van der Waals surface area contributed by atoms with Crippen LogP contribution in [-0.2, 0) is 13.6 Å². The molecule has 7 heteroatoms. The average Bonchev–Trinajstić information content (AvgIpc) is 3.26. The zero-order valence-corrected chi connectivity index (χ0v) is 13.4. The first-order valence-electron chi connectivity index (χ1n) is 7.71. The Balaban J connectivity index is 1.49. The Hall–Kier alpha value is -3.35. The second-order valence-electron chi connectivity index (χ2n) is 5.77. The number of nitrogens with one attached hydrogen (secondary N) is 1. The van der Waals surface area contributed by atoms with Crippen LogP contribution in [0.3, 0.4) is 0 Å². The first-order chi connectivity index (χ1) is 12.1. The summed E-state index contributed by atoms with van der Waals surface area (Å²) in [6.45, 7) is 0.421. The minimum atomic E-state index is -0.286. The molecule has 0 bridgehead atoms. The van der Waals surface area contributed by atoms with E-state index in [9.17, 15) is 9.18 Å². The van der Waals surface area contributed by atoms with Crippen molar-refractivity contribution in [3.8, 4) is 0 Å². The van der Waals surface area contributed by atoms with Crippen molar-refractivity contribution in [1.82, 2.24) is 14.3 Å². The molecule has 0 atom stereocenters. The van der Waals surface area contributed by atoms with E-state index in [2.05, 4.69) is 10.4 Å². The molecule has 25 heavy (non-hydrogen) atoms. The van der Waals surface area contributed by atoms with Gasteiger partial charge in [-0.25, -0.2) is 4.39 Å². The molecule has 0 spiro atoms. The van der Waals surface area contributed by atoms with Crippen molar-refractivity contribution in [3.63, 3.8) is 0 Å². The topological polar surface area (TPSA) is 65.0 Å². The number of fused-ring (bicyclic) bond motifs is 1. The van der Waals surface area contributed by atoms with Gasteiger partial charge in [-0.3, -0.25) is 9.48 Å². The van der Waals surface area contributed by atoms with Crippen molar-refractivity contribution in [1.29, 1.82) is 0 Å². The fraction of sp³-hybridized carbons (Fsp3) is 0.111. The predicted molar refractivity (Wildman–Crippen MR) is 90.9 cm³/mol. The van der Waals surface area contributed by atoms with Gasteiger partial charge in [-0.15, -0.1) is 0 Å². The lowest BCUT2D eigenvalue weighted by Gasteiger charge is -2.04. The van der Waals surface area contributed by atoms with Crippen molar-refractivity contribution in [3.05, 3.63) is 72.1 Å². The van der Waals surface area contributed by atoms with Crippen LogP contribution < -0.4 is 5.32 Å². The second-order valence-corrected chi connectivity index (χ2v) is 5.77. The summed E-state index contributed by atoms with van der Waals surface area (Å²) in [5.41, 5.74) is 3.37. The molecule has 0 saturated carbocycles. The van der Waals surface area contributed by atoms with E-state index in [-0.39, 0.29) is 11.7 Å². The SMILES string of the molecule is Cn1c(C(=O)Nc2cnn(Cc3cccc(F)c3)c2)cc2occc21. The molecular weight excluding hydrogens is 323 g/mol. The number of anilines is 1. The lowest BCUT2D eigenvalue weighted by atomic mass is 10.2. The Kier molecular flexibility index (Phi) is 3.61. The van der Waals surface area contributed by atoms with Gasteiger partial charge in [0.2, 0.25) is 0 Å². The van der Waals surface area contributed by atoms with Crippen LogP contribution in [0.1, 0.15) is 16.1 Å². The number of hydrogen-bond donors (Lipinski definition) is 1. The standard InChI is InChI=1S/C18H15FN4O2/c1-22-15-5-6-25-17(15)8-16(22)18(24)21-14-9-20-23(11-14)10-12-3-2-4-13(19)7-12/h2-9,11H,10H2,1H3,(H,21,24). The summed E-state index contributed by atoms with van der Waals surface area (Å²) >= 11 is 0. The molecule has 1 amide bonds. The molecule has 0 aliphatic rings. The summed E-state index contributed by atoms with van der Waals surface area (Å²) in [5, 5.41) is 7.01. The summed E-state index contributed by atoms with van der Waals surface area (Å²) in [5.74, 6) is -0.537. The van der Waals surface area contributed by atoms with E-state index in [1.54, 1.807) is 47.1 Å². The van der Waals surface area contributed by atoms with Crippen LogP contribution in [0.25, 0.3) is 11.1 Å². The number of carbonyl (C=O) groups is 1. The number of hydrogen-bond acceptors (Lipinski definition) is 3. The largest absolute Gasteiger partial charge is 0.463 e. The molecule has 3 aromatic heterocycles. The second kappa shape index (κ2) is 5.94. The molecule has 4 aromatic rings. The van der Waals surface area contributed by atoms with E-state index in [0.717, 1.165) is 11.1 Å². The number of rotatable bonds is 4. The Bertz CT molecular complexity index is 1060. The van der Waals surface area contributed by atoms with Crippen molar-refractivity contribution < 1.29 is 13.6 Å². The van der Waals surface area contributed by atoms with E-state index in [1.807, 2.05) is 12.1 Å². The molecule has 3 heterocycles. The van der Waals surface area contributed by atoms with Gasteiger partial charge in [0.25, 0.3) is 5.91 Å². The quantitative estimate of drug-likeness (QED) is 0.620. The highest BCUT2D eigenvalue weighted by atomic mass is 19.1. The van der Waals surface area contributed by atoms with Crippen LogP contribution >= 0.6 is 0 Å². The molecule has 1 N–H and O–H groups in total. The molecule has 0 saturated heterocycles. The van der Waals surface area contributed by atoms with Gasteiger partial charge in [0.1, 0.15) is 11.5 Å². The zero-order chi connectivity index (χ0) is 17.4. The number of nitrogens with zero attached hydrogens (tertiary/aromatic N) is 3. The highest BCUT2D eigenvalue weighted by Crippen LogP contribution is 2.20. The highest BCUT2D eigenvalue weighted by molar-refractivity contribution is 6.05. The lowest BCUT2D eigenvalue weighted by molar-refractivity contribution is 0.101. The number of aryl methyl sites for hydroxylation is 1. The van der Waals surface area contributed by atoms with Gasteiger partial charge in [0.15, 0.2) is 5.58 Å². The number of amides is 1. The maximum Gasteiger partial charge on any atom is 0.272 e. The van der Waals surface area contributed by atoms with Gasteiger partial charge in [0.05, 0.1) is 30.2 Å². The maximum absolute atomic E-state index is 13.2. The van der Waals surface area contributed by atoms with Crippen molar-refractivity contribution >= 4 is 22.7 Å². The fourth-order valence-electron chi connectivity index (χ4n) is 2.80. The molecule has 126 valence electrons. The third-order valence-corrected chi connectivity index (χ3v) is 4.02. The van der Waals surface area contributed by atoms with Gasteiger partial charge in [-0.2, -0.15) is 5.10 Å². The van der Waals surface area contributed by atoms with Gasteiger partial charge >= 0.3 is 0 Å². The van der Waals surface area contributed by atoms with Gasteiger partial charge in [-0.1, -0.05) is 12.1 Å². The Morgan fingerprint density at radius 3 is 3.00 bits per heavy atom. The van der Waals surface area contributed by atoms with E-state index in [0.29, 0.717) is 23.5 Å². The molecular formula is C18H15FN4O2. The minimum absolute atomic E-state index is 0.251. The number of furan rings is 1. The van der Waals surface area contributed by atoms with Crippen LogP contribution in [0, 0.1) is 5.82 Å². The van der Waals surface area contributed by atoms with Crippen molar-refractivity contribution in [2.75, 3.05) is 5.32 Å². The van der Waals surface area contributed by atoms with Gasteiger partial charge in [-0.05, 0) is 17.7 Å². The summed E-state index contributed by atoms with van der Waals surface area (Å²) < 4.78 is 22.0. The van der Waals surface area contributed by atoms with Crippen LogP contribution in [0.2, 0.25) is 0 Å². The van der Waals surface area contributed by atoms with Crippen molar-refractivity contribution in [2.24, 2.45) is 7.05 Å². The number of aromatic nitrogens is 3. The van der Waals surface area contributed by atoms with Crippen LogP contribution in [0.5, 0.6) is 0 Å². The molecule has 0 aliphatic heterocycles. The van der Waals surface area contributed by atoms with E-state index < -0.39 is 0 Å². The summed E-state index contributed by atoms with van der Waals surface area (Å²) in [4.78, 5) is 12.5. The minimum Gasteiger partial charge on any atom is -0.463 e. The first-order valence-corrected chi connectivity index (χ1v) is 7.71. The maximum atomic E-state index is 13.2. The van der Waals surface area contributed by atoms with E-state index >= 15 is 0 Å². The Morgan fingerprint density at radius 2 is 2.20 bits per heavy atom. The molecule has 0 aliphatic carbocycles. The third kappa shape index (κ3) is 2.91. The lowest BCUT2D eigenvalue weighted by Crippen LogP contribution is -2.15. The molecule has 6 nitrogen and oxygen atoms in total. The molecule has 0 unspecified atom stereocenters. The Morgan fingerprint density at radius 1 is 1.32 bits per heavy atom. The Labute approximate surface area is 142 Å². The predicted octanol–water partition coefficient (Wildman–Crippen LogP) is 3.41. The fourth-order valence-corrected chi connectivity index (χ4v) is 2.80. The summed E-state index contributed by atoms with van der Waals surface area (Å²) in [6.07, 6.45) is 4.85. The summed E-state index contributed by atoms with van der Waals surface area (Å²) in [6, 6.07) is 9.84. The van der Waals surface area contributed by atoms with Gasteiger partial charge in [0, 0.05) is 25.4 Å². The smallest absolute Gasteiger partial charge is 0.272 e. The molecule has 4 rings (SSSR count). The monoisotopic (exact) mass is 338 g/mol. The highest BCUT2D eigenvalue weighted by Gasteiger charge is 2.15. The number of halogens is 1. The first kappa shape index (κ1) is 15.2. The normalized spacial score (nSPS) is 11.1. The van der Waals surface area contributed by atoms with E-state index in [1.165, 1.54) is 12.1 Å². The van der Waals surface area contributed by atoms with Gasteiger partial charge < -0.3 is 14.3 Å². The van der Waals surface area contributed by atoms with Crippen LogP contribution in [0.4, 0.5) is 10.1 Å². The number of carbonyl (C=O) groups excluding carboxylic acids is 1. The molecule has 0 radical (unpaired) electrons. The molecule has 0 fully saturated rings. The van der Waals surface area contributed by atoms with E-state index in [4.69, 9.17) is 4.42 Å². The number of benzene rings is 1. The zero-order valence-electron chi connectivity index (χ0n) is 13.4. The average molecular weight is 338 g/mol. The summed E-state index contributed by atoms with van der Waals surface area (Å²) in [7, 11) is 1.81. The van der Waals surface area contributed by atoms with Crippen LogP contribution in [0.15, 0.2) is 59.5 Å². The van der Waals surface area contributed by atoms with Crippen LogP contribution in [-0.4, -0.2) is 20.3 Å². The third-order valence-electron chi connectivity index (χ3n) is 4.02.